The fourth-order valence-corrected chi connectivity index (χ4v) is 2.67. The number of hydrazone groups is 1. The summed E-state index contributed by atoms with van der Waals surface area (Å²) >= 11 is 5.87. The molecule has 0 spiro atoms. The highest BCUT2D eigenvalue weighted by Gasteiger charge is 2.11. The summed E-state index contributed by atoms with van der Waals surface area (Å²) in [5, 5.41) is 4.67. The number of hydrogen-bond donors (Lipinski definition) is 1. The molecular formula is C16H21ClN2O2. The first-order valence-corrected chi connectivity index (χ1v) is 7.74. The molecule has 1 aliphatic rings. The number of ether oxygens (including phenoxy) is 1. The average Bonchev–Trinajstić information content (AvgIpc) is 2.47. The van der Waals surface area contributed by atoms with Gasteiger partial charge in [0.2, 0.25) is 0 Å². The van der Waals surface area contributed by atoms with Crippen LogP contribution in [0.2, 0.25) is 5.02 Å². The van der Waals surface area contributed by atoms with Crippen LogP contribution < -0.4 is 10.2 Å². The fraction of sp³-hybridized carbons (Fsp3) is 0.500. The van der Waals surface area contributed by atoms with Crippen LogP contribution >= 0.6 is 11.6 Å². The summed E-state index contributed by atoms with van der Waals surface area (Å²) < 4.78 is 5.45. The Kier molecular flexibility index (Phi) is 6.05. The zero-order chi connectivity index (χ0) is 15.1. The first kappa shape index (κ1) is 15.8. The van der Waals surface area contributed by atoms with E-state index in [1.54, 1.807) is 18.2 Å². The molecule has 5 heteroatoms. The molecule has 0 heterocycles. The molecule has 0 atom stereocenters. The van der Waals surface area contributed by atoms with Gasteiger partial charge in [-0.05, 0) is 49.4 Å². The number of carbonyl (C=O) groups is 1. The van der Waals surface area contributed by atoms with Gasteiger partial charge in [-0.3, -0.25) is 4.79 Å². The molecule has 0 bridgehead atoms. The number of hydrogen-bond acceptors (Lipinski definition) is 3. The Hall–Kier alpha value is -1.55. The molecule has 0 radical (unpaired) electrons. The van der Waals surface area contributed by atoms with Crippen LogP contribution in [0.25, 0.3) is 0 Å². The average molecular weight is 309 g/mol. The smallest absolute Gasteiger partial charge is 0.277 e. The number of rotatable bonds is 5. The van der Waals surface area contributed by atoms with Crippen molar-refractivity contribution < 1.29 is 9.53 Å². The van der Waals surface area contributed by atoms with E-state index in [1.165, 1.54) is 32.1 Å². The van der Waals surface area contributed by atoms with Crippen LogP contribution in [0.3, 0.4) is 0 Å². The minimum Gasteiger partial charge on any atom is -0.483 e. The molecule has 1 aromatic carbocycles. The summed E-state index contributed by atoms with van der Waals surface area (Å²) in [7, 11) is 0. The van der Waals surface area contributed by atoms with Crippen LogP contribution in [0.4, 0.5) is 0 Å². The predicted octanol–water partition coefficient (Wildman–Crippen LogP) is 3.71. The minimum absolute atomic E-state index is 0.0511. The van der Waals surface area contributed by atoms with E-state index in [1.807, 2.05) is 13.1 Å². The van der Waals surface area contributed by atoms with Crippen molar-refractivity contribution >= 4 is 23.7 Å². The van der Waals surface area contributed by atoms with Gasteiger partial charge in [0.1, 0.15) is 5.75 Å². The molecule has 4 nitrogen and oxygen atoms in total. The standard InChI is InChI=1S/C16H21ClN2O2/c1-12-9-14(17)7-8-15(12)21-11-16(20)19-18-10-13-5-3-2-4-6-13/h7-10,13H,2-6,11H2,1H3,(H,19,20)/b18-10-. The lowest BCUT2D eigenvalue weighted by Crippen LogP contribution is -2.25. The Labute approximate surface area is 130 Å². The van der Waals surface area contributed by atoms with Gasteiger partial charge < -0.3 is 4.74 Å². The van der Waals surface area contributed by atoms with Gasteiger partial charge in [-0.25, -0.2) is 5.43 Å². The van der Waals surface area contributed by atoms with E-state index in [9.17, 15) is 4.79 Å². The third-order valence-corrected chi connectivity index (χ3v) is 3.86. The lowest BCUT2D eigenvalue weighted by Gasteiger charge is -2.16. The number of nitrogens with one attached hydrogen (secondary N) is 1. The van der Waals surface area contributed by atoms with Gasteiger partial charge in [-0.1, -0.05) is 30.9 Å². The van der Waals surface area contributed by atoms with Crippen LogP contribution in [0, 0.1) is 12.8 Å². The third kappa shape index (κ3) is 5.38. The van der Waals surface area contributed by atoms with Crippen LogP contribution in [0.15, 0.2) is 23.3 Å². The maximum Gasteiger partial charge on any atom is 0.277 e. The monoisotopic (exact) mass is 308 g/mol. The second kappa shape index (κ2) is 8.03. The lowest BCUT2D eigenvalue weighted by molar-refractivity contribution is -0.123. The van der Waals surface area contributed by atoms with Crippen molar-refractivity contribution in [3.05, 3.63) is 28.8 Å². The molecule has 0 aromatic heterocycles. The molecule has 114 valence electrons. The maximum atomic E-state index is 11.7. The van der Waals surface area contributed by atoms with E-state index in [-0.39, 0.29) is 12.5 Å². The van der Waals surface area contributed by atoms with E-state index in [0.717, 1.165) is 5.56 Å². The second-order valence-electron chi connectivity index (χ2n) is 5.41. The molecule has 2 rings (SSSR count). The largest absolute Gasteiger partial charge is 0.483 e. The van der Waals surface area contributed by atoms with Crippen molar-refractivity contribution in [3.63, 3.8) is 0 Å². The summed E-state index contributed by atoms with van der Waals surface area (Å²) in [4.78, 5) is 11.7. The molecule has 0 unspecified atom stereocenters. The second-order valence-corrected chi connectivity index (χ2v) is 5.85. The van der Waals surface area contributed by atoms with Gasteiger partial charge >= 0.3 is 0 Å². The zero-order valence-corrected chi connectivity index (χ0v) is 13.0. The van der Waals surface area contributed by atoms with Crippen LogP contribution in [-0.2, 0) is 4.79 Å². The van der Waals surface area contributed by atoms with E-state index in [0.29, 0.717) is 16.7 Å². The molecule has 0 aliphatic heterocycles. The molecule has 21 heavy (non-hydrogen) atoms. The van der Waals surface area contributed by atoms with Gasteiger partial charge in [0, 0.05) is 11.2 Å². The van der Waals surface area contributed by atoms with E-state index >= 15 is 0 Å². The molecule has 1 aromatic rings. The van der Waals surface area contributed by atoms with Gasteiger partial charge in [-0.2, -0.15) is 5.10 Å². The van der Waals surface area contributed by atoms with Gasteiger partial charge in [0.15, 0.2) is 6.61 Å². The first-order valence-electron chi connectivity index (χ1n) is 7.36. The Balaban J connectivity index is 1.73. The molecule has 1 aliphatic carbocycles. The summed E-state index contributed by atoms with van der Waals surface area (Å²) in [6, 6.07) is 5.30. The van der Waals surface area contributed by atoms with E-state index in [2.05, 4.69) is 10.5 Å². The molecule has 1 N–H and O–H groups in total. The highest BCUT2D eigenvalue weighted by atomic mass is 35.5. The number of aryl methyl sites for hydroxylation is 1. The number of carbonyl (C=O) groups excluding carboxylic acids is 1. The zero-order valence-electron chi connectivity index (χ0n) is 12.3. The van der Waals surface area contributed by atoms with Crippen molar-refractivity contribution in [1.82, 2.24) is 5.43 Å². The number of nitrogens with zero attached hydrogens (tertiary/aromatic N) is 1. The number of halogens is 1. The normalized spacial score (nSPS) is 16.1. The van der Waals surface area contributed by atoms with Gasteiger partial charge in [-0.15, -0.1) is 0 Å². The molecule has 1 amide bonds. The van der Waals surface area contributed by atoms with Crippen LogP contribution in [0.1, 0.15) is 37.7 Å². The van der Waals surface area contributed by atoms with E-state index in [4.69, 9.17) is 16.3 Å². The third-order valence-electron chi connectivity index (χ3n) is 3.62. The highest BCUT2D eigenvalue weighted by molar-refractivity contribution is 6.30. The van der Waals surface area contributed by atoms with Crippen molar-refractivity contribution in [2.75, 3.05) is 6.61 Å². The quantitative estimate of drug-likeness (QED) is 0.666. The summed E-state index contributed by atoms with van der Waals surface area (Å²) in [6.07, 6.45) is 8.00. The van der Waals surface area contributed by atoms with Crippen LogP contribution in [0.5, 0.6) is 5.75 Å². The van der Waals surface area contributed by atoms with Crippen LogP contribution in [-0.4, -0.2) is 18.7 Å². The Morgan fingerprint density at radius 2 is 2.19 bits per heavy atom. The van der Waals surface area contributed by atoms with Gasteiger partial charge in [0.25, 0.3) is 5.91 Å². The maximum absolute atomic E-state index is 11.7. The fourth-order valence-electron chi connectivity index (χ4n) is 2.45. The Morgan fingerprint density at radius 1 is 1.43 bits per heavy atom. The number of benzene rings is 1. The topological polar surface area (TPSA) is 50.7 Å². The van der Waals surface area contributed by atoms with Gasteiger partial charge in [0.05, 0.1) is 0 Å². The SMILES string of the molecule is Cc1cc(Cl)ccc1OCC(=O)N/N=C\C1CCCCC1. The summed E-state index contributed by atoms with van der Waals surface area (Å²) in [5.74, 6) is 0.903. The van der Waals surface area contributed by atoms with Crippen molar-refractivity contribution in [2.45, 2.75) is 39.0 Å². The molecule has 1 fully saturated rings. The predicted molar refractivity (Wildman–Crippen MR) is 84.9 cm³/mol. The summed E-state index contributed by atoms with van der Waals surface area (Å²) in [5.41, 5.74) is 3.41. The summed E-state index contributed by atoms with van der Waals surface area (Å²) in [6.45, 7) is 1.84. The minimum atomic E-state index is -0.253. The first-order chi connectivity index (χ1) is 10.1. The molecular weight excluding hydrogens is 288 g/mol. The van der Waals surface area contributed by atoms with Crippen molar-refractivity contribution in [2.24, 2.45) is 11.0 Å². The Bertz CT molecular complexity index is 511. The van der Waals surface area contributed by atoms with Crippen molar-refractivity contribution in [3.8, 4) is 5.75 Å². The molecule has 0 saturated heterocycles. The Morgan fingerprint density at radius 3 is 2.90 bits per heavy atom. The highest BCUT2D eigenvalue weighted by Crippen LogP contribution is 2.22. The van der Waals surface area contributed by atoms with E-state index < -0.39 is 0 Å². The molecule has 1 saturated carbocycles. The van der Waals surface area contributed by atoms with Crippen molar-refractivity contribution in [1.29, 1.82) is 0 Å². The lowest BCUT2D eigenvalue weighted by atomic mass is 9.90. The number of amides is 1.